The molecule has 0 bridgehead atoms. The van der Waals surface area contributed by atoms with Gasteiger partial charge in [-0.05, 0) is 18.6 Å². The van der Waals surface area contributed by atoms with E-state index in [4.69, 9.17) is 5.73 Å². The quantitative estimate of drug-likeness (QED) is 0.856. The van der Waals surface area contributed by atoms with E-state index in [2.05, 4.69) is 9.72 Å². The Morgan fingerprint density at radius 1 is 1.50 bits per heavy atom. The zero-order valence-electron chi connectivity index (χ0n) is 7.48. The van der Waals surface area contributed by atoms with E-state index in [0.717, 1.165) is 0 Å². The molecule has 1 aromatic rings. The van der Waals surface area contributed by atoms with Gasteiger partial charge in [-0.2, -0.15) is 8.78 Å². The Morgan fingerprint density at radius 3 is 2.64 bits per heavy atom. The Bertz CT molecular complexity index is 284. The minimum absolute atomic E-state index is 0. The summed E-state index contributed by atoms with van der Waals surface area (Å²) >= 11 is 0. The van der Waals surface area contributed by atoms with Gasteiger partial charge in [0.15, 0.2) is 0 Å². The molecule has 6 heteroatoms. The minimum Gasteiger partial charge on any atom is -0.417 e. The maximum atomic E-state index is 11.8. The summed E-state index contributed by atoms with van der Waals surface area (Å²) in [6, 6.07) is 2.84. The summed E-state index contributed by atoms with van der Waals surface area (Å²) < 4.78 is 27.6. The van der Waals surface area contributed by atoms with Crippen molar-refractivity contribution in [2.75, 3.05) is 0 Å². The van der Waals surface area contributed by atoms with E-state index in [9.17, 15) is 8.78 Å². The molecule has 0 aliphatic rings. The van der Waals surface area contributed by atoms with Gasteiger partial charge in [-0.25, -0.2) is 4.98 Å². The number of hydrogen-bond acceptors (Lipinski definition) is 3. The van der Waals surface area contributed by atoms with Crippen LogP contribution in [0.5, 0.6) is 5.88 Å². The largest absolute Gasteiger partial charge is 0.417 e. The maximum absolute atomic E-state index is 11.8. The molecule has 1 rings (SSSR count). The highest BCUT2D eigenvalue weighted by Crippen LogP contribution is 2.16. The highest BCUT2D eigenvalue weighted by Gasteiger charge is 2.07. The zero-order valence-corrected chi connectivity index (χ0v) is 8.30. The third kappa shape index (κ3) is 3.85. The Balaban J connectivity index is 0.00000169. The molecule has 0 spiro atoms. The van der Waals surface area contributed by atoms with E-state index < -0.39 is 6.61 Å². The highest BCUT2D eigenvalue weighted by atomic mass is 35.5. The van der Waals surface area contributed by atoms with Crippen LogP contribution in [0.3, 0.4) is 0 Å². The third-order valence-electron chi connectivity index (χ3n) is 1.49. The fourth-order valence-electron chi connectivity index (χ4n) is 0.864. The van der Waals surface area contributed by atoms with Gasteiger partial charge >= 0.3 is 6.61 Å². The summed E-state index contributed by atoms with van der Waals surface area (Å²) in [6.07, 6.45) is 1.39. The summed E-state index contributed by atoms with van der Waals surface area (Å²) in [5.41, 5.74) is 6.26. The lowest BCUT2D eigenvalue weighted by atomic mass is 10.1. The molecule has 0 radical (unpaired) electrons. The second kappa shape index (κ2) is 5.72. The van der Waals surface area contributed by atoms with Crippen LogP contribution in [0.25, 0.3) is 0 Å². The van der Waals surface area contributed by atoms with Gasteiger partial charge < -0.3 is 10.5 Å². The van der Waals surface area contributed by atoms with Crippen molar-refractivity contribution in [1.82, 2.24) is 4.98 Å². The van der Waals surface area contributed by atoms with Crippen LogP contribution in [0.1, 0.15) is 18.5 Å². The SMILES string of the molecule is CC(N)c1ccnc(OC(F)F)c1.Cl. The summed E-state index contributed by atoms with van der Waals surface area (Å²) in [7, 11) is 0. The van der Waals surface area contributed by atoms with Crippen LogP contribution in [0.4, 0.5) is 8.78 Å². The Hall–Kier alpha value is -0.940. The topological polar surface area (TPSA) is 48.1 Å². The molecule has 0 aromatic carbocycles. The zero-order chi connectivity index (χ0) is 9.84. The molecule has 0 aliphatic carbocycles. The average Bonchev–Trinajstić information content (AvgIpc) is 2.03. The number of nitrogens with two attached hydrogens (primary N) is 1. The van der Waals surface area contributed by atoms with Crippen molar-refractivity contribution in [3.63, 3.8) is 0 Å². The number of hydrogen-bond donors (Lipinski definition) is 1. The number of alkyl halides is 2. The summed E-state index contributed by atoms with van der Waals surface area (Å²) in [5.74, 6) is -0.107. The minimum atomic E-state index is -2.85. The first-order valence-corrected chi connectivity index (χ1v) is 3.76. The monoisotopic (exact) mass is 224 g/mol. The molecule has 0 aliphatic heterocycles. The lowest BCUT2D eigenvalue weighted by Crippen LogP contribution is -2.07. The first-order chi connectivity index (χ1) is 6.09. The maximum Gasteiger partial charge on any atom is 0.388 e. The van der Waals surface area contributed by atoms with Crippen molar-refractivity contribution in [3.05, 3.63) is 23.9 Å². The second-order valence-corrected chi connectivity index (χ2v) is 2.59. The molecular weight excluding hydrogens is 214 g/mol. The van der Waals surface area contributed by atoms with Crippen LogP contribution in [-0.2, 0) is 0 Å². The highest BCUT2D eigenvalue weighted by molar-refractivity contribution is 5.85. The van der Waals surface area contributed by atoms with E-state index in [1.54, 1.807) is 13.0 Å². The molecule has 0 fully saturated rings. The van der Waals surface area contributed by atoms with Crippen molar-refractivity contribution < 1.29 is 13.5 Å². The fraction of sp³-hybridized carbons (Fsp3) is 0.375. The summed E-state index contributed by atoms with van der Waals surface area (Å²) in [6.45, 7) is -1.10. The number of aromatic nitrogens is 1. The predicted molar refractivity (Wildman–Crippen MR) is 50.7 cm³/mol. The molecule has 1 aromatic heterocycles. The van der Waals surface area contributed by atoms with Gasteiger partial charge in [-0.1, -0.05) is 0 Å². The molecule has 80 valence electrons. The third-order valence-corrected chi connectivity index (χ3v) is 1.49. The van der Waals surface area contributed by atoms with E-state index in [0.29, 0.717) is 5.56 Å². The first kappa shape index (κ1) is 13.1. The van der Waals surface area contributed by atoms with Crippen molar-refractivity contribution in [2.24, 2.45) is 5.73 Å². The van der Waals surface area contributed by atoms with E-state index >= 15 is 0 Å². The molecule has 14 heavy (non-hydrogen) atoms. The molecule has 1 unspecified atom stereocenters. The summed E-state index contributed by atoms with van der Waals surface area (Å²) in [4.78, 5) is 3.60. The van der Waals surface area contributed by atoms with Gasteiger partial charge in [0.2, 0.25) is 5.88 Å². The van der Waals surface area contributed by atoms with Crippen LogP contribution in [-0.4, -0.2) is 11.6 Å². The van der Waals surface area contributed by atoms with Gasteiger partial charge in [0, 0.05) is 18.3 Å². The van der Waals surface area contributed by atoms with Crippen LogP contribution in [0.15, 0.2) is 18.3 Å². The summed E-state index contributed by atoms with van der Waals surface area (Å²) in [5, 5.41) is 0. The molecule has 0 amide bonds. The van der Waals surface area contributed by atoms with Crippen LogP contribution in [0.2, 0.25) is 0 Å². The van der Waals surface area contributed by atoms with E-state index in [1.807, 2.05) is 0 Å². The standard InChI is InChI=1S/C8H10F2N2O.ClH/c1-5(11)6-2-3-12-7(4-6)13-8(9)10;/h2-5,8H,11H2,1H3;1H. The van der Waals surface area contributed by atoms with Crippen molar-refractivity contribution >= 4 is 12.4 Å². The number of pyridine rings is 1. The average molecular weight is 225 g/mol. The molecule has 0 saturated carbocycles. The Labute approximate surface area is 86.7 Å². The molecule has 1 atom stereocenters. The predicted octanol–water partition coefficient (Wildman–Crippen LogP) is 2.12. The van der Waals surface area contributed by atoms with Gasteiger partial charge in [0.25, 0.3) is 0 Å². The van der Waals surface area contributed by atoms with Crippen LogP contribution in [0, 0.1) is 0 Å². The Kier molecular flexibility index (Phi) is 5.34. The normalized spacial score (nSPS) is 12.1. The van der Waals surface area contributed by atoms with Crippen LogP contribution < -0.4 is 10.5 Å². The van der Waals surface area contributed by atoms with Gasteiger partial charge in [0.1, 0.15) is 0 Å². The van der Waals surface area contributed by atoms with Crippen molar-refractivity contribution in [1.29, 1.82) is 0 Å². The van der Waals surface area contributed by atoms with Gasteiger partial charge in [-0.3, -0.25) is 0 Å². The molecule has 3 nitrogen and oxygen atoms in total. The first-order valence-electron chi connectivity index (χ1n) is 3.76. The molecular formula is C8H11ClF2N2O. The molecule has 2 N–H and O–H groups in total. The second-order valence-electron chi connectivity index (χ2n) is 2.59. The van der Waals surface area contributed by atoms with E-state index in [-0.39, 0.29) is 24.3 Å². The van der Waals surface area contributed by atoms with Crippen molar-refractivity contribution in [3.8, 4) is 5.88 Å². The lowest BCUT2D eigenvalue weighted by molar-refractivity contribution is -0.0529. The van der Waals surface area contributed by atoms with Crippen molar-refractivity contribution in [2.45, 2.75) is 19.6 Å². The number of nitrogens with zero attached hydrogens (tertiary/aromatic N) is 1. The van der Waals surface area contributed by atoms with Gasteiger partial charge in [-0.15, -0.1) is 12.4 Å². The van der Waals surface area contributed by atoms with Gasteiger partial charge in [0.05, 0.1) is 0 Å². The lowest BCUT2D eigenvalue weighted by Gasteiger charge is -2.07. The Morgan fingerprint density at radius 2 is 2.14 bits per heavy atom. The molecule has 1 heterocycles. The smallest absolute Gasteiger partial charge is 0.388 e. The number of ether oxygens (including phenoxy) is 1. The van der Waals surface area contributed by atoms with Crippen LogP contribution >= 0.6 is 12.4 Å². The number of rotatable bonds is 3. The fourth-order valence-corrected chi connectivity index (χ4v) is 0.864. The molecule has 0 saturated heterocycles. The number of halogens is 3. The van der Waals surface area contributed by atoms with E-state index in [1.165, 1.54) is 12.3 Å².